The molecule has 33 heavy (non-hydrogen) atoms. The molecule has 0 atom stereocenters. The van der Waals surface area contributed by atoms with Crippen molar-refractivity contribution in [3.63, 3.8) is 0 Å². The van der Waals surface area contributed by atoms with Gasteiger partial charge in [-0.2, -0.15) is 0 Å². The Morgan fingerprint density at radius 1 is 0.667 bits per heavy atom. The molecule has 0 heterocycles. The van der Waals surface area contributed by atoms with Gasteiger partial charge < -0.3 is 24.3 Å². The molecule has 0 unspecified atom stereocenters. The Bertz CT molecular complexity index is 1130. The van der Waals surface area contributed by atoms with Gasteiger partial charge in [0.2, 0.25) is 11.7 Å². The maximum absolute atomic E-state index is 12.3. The summed E-state index contributed by atoms with van der Waals surface area (Å²) in [6.07, 6.45) is 7.12. The number of carbonyl (C=O) groups is 1. The summed E-state index contributed by atoms with van der Waals surface area (Å²) in [5, 5.41) is 2.85. The molecule has 170 valence electrons. The van der Waals surface area contributed by atoms with Crippen LogP contribution in [-0.4, -0.2) is 34.3 Å². The van der Waals surface area contributed by atoms with Crippen LogP contribution in [0.15, 0.2) is 66.7 Å². The minimum absolute atomic E-state index is 0.238. The molecule has 0 aliphatic heterocycles. The van der Waals surface area contributed by atoms with Crippen LogP contribution in [0.5, 0.6) is 23.0 Å². The summed E-state index contributed by atoms with van der Waals surface area (Å²) in [7, 11) is 6.30. The van der Waals surface area contributed by atoms with Gasteiger partial charge in [0.15, 0.2) is 11.5 Å². The molecular weight excluding hydrogens is 418 g/mol. The summed E-state index contributed by atoms with van der Waals surface area (Å²) in [6.45, 7) is 0. The fraction of sp³-hybridized carbons (Fsp3) is 0.148. The lowest BCUT2D eigenvalue weighted by Gasteiger charge is -2.13. The molecule has 0 saturated heterocycles. The van der Waals surface area contributed by atoms with E-state index < -0.39 is 0 Å². The topological polar surface area (TPSA) is 66.0 Å². The summed E-state index contributed by atoms with van der Waals surface area (Å²) in [5.41, 5.74) is 3.32. The van der Waals surface area contributed by atoms with Gasteiger partial charge in [0, 0.05) is 6.08 Å². The number of nitrogens with one attached hydrogen (secondary N) is 1. The van der Waals surface area contributed by atoms with Crippen LogP contribution in [0.4, 0.5) is 5.69 Å². The predicted molar refractivity (Wildman–Crippen MR) is 132 cm³/mol. The monoisotopic (exact) mass is 445 g/mol. The Labute approximate surface area is 194 Å². The van der Waals surface area contributed by atoms with E-state index in [1.165, 1.54) is 6.08 Å². The van der Waals surface area contributed by atoms with E-state index >= 15 is 0 Å². The molecule has 0 aromatic heterocycles. The second-order valence-corrected chi connectivity index (χ2v) is 6.98. The molecule has 3 aromatic rings. The first kappa shape index (κ1) is 23.5. The van der Waals surface area contributed by atoms with Crippen molar-refractivity contribution in [2.45, 2.75) is 0 Å². The SMILES string of the molecule is COc1cc(C=Cc2cc(OC)c(OC)c(OC)c2)ccc1NC(=O)/C=C/c1ccccc1. The second-order valence-electron chi connectivity index (χ2n) is 6.98. The highest BCUT2D eigenvalue weighted by molar-refractivity contribution is 6.02. The van der Waals surface area contributed by atoms with Crippen LogP contribution in [-0.2, 0) is 4.79 Å². The van der Waals surface area contributed by atoms with Crippen LogP contribution in [0.2, 0.25) is 0 Å². The summed E-state index contributed by atoms with van der Waals surface area (Å²) in [6, 6.07) is 18.9. The minimum Gasteiger partial charge on any atom is -0.495 e. The lowest BCUT2D eigenvalue weighted by Crippen LogP contribution is -2.08. The Kier molecular flexibility index (Phi) is 8.13. The van der Waals surface area contributed by atoms with E-state index in [0.717, 1.165) is 16.7 Å². The molecule has 0 radical (unpaired) electrons. The van der Waals surface area contributed by atoms with Crippen molar-refractivity contribution in [1.82, 2.24) is 0 Å². The molecule has 6 nitrogen and oxygen atoms in total. The highest BCUT2D eigenvalue weighted by atomic mass is 16.5. The van der Waals surface area contributed by atoms with Gasteiger partial charge in [0.25, 0.3) is 0 Å². The predicted octanol–water partition coefficient (Wildman–Crippen LogP) is 5.54. The quantitative estimate of drug-likeness (QED) is 0.346. The molecule has 0 bridgehead atoms. The first-order chi connectivity index (χ1) is 16.1. The van der Waals surface area contributed by atoms with Gasteiger partial charge in [-0.15, -0.1) is 0 Å². The molecule has 0 aliphatic carbocycles. The molecular formula is C27H27NO5. The van der Waals surface area contributed by atoms with Crippen LogP contribution in [0.25, 0.3) is 18.2 Å². The zero-order valence-electron chi connectivity index (χ0n) is 19.1. The van der Waals surface area contributed by atoms with E-state index in [1.54, 1.807) is 34.5 Å². The summed E-state index contributed by atoms with van der Waals surface area (Å²) < 4.78 is 21.6. The first-order valence-corrected chi connectivity index (χ1v) is 10.3. The zero-order chi connectivity index (χ0) is 23.6. The number of hydrogen-bond donors (Lipinski definition) is 1. The van der Waals surface area contributed by atoms with E-state index in [1.807, 2.05) is 72.8 Å². The van der Waals surface area contributed by atoms with Crippen molar-refractivity contribution >= 4 is 29.8 Å². The zero-order valence-corrected chi connectivity index (χ0v) is 19.1. The van der Waals surface area contributed by atoms with Crippen molar-refractivity contribution in [3.05, 3.63) is 83.4 Å². The second kappa shape index (κ2) is 11.4. The summed E-state index contributed by atoms with van der Waals surface area (Å²) in [4.78, 5) is 12.3. The summed E-state index contributed by atoms with van der Waals surface area (Å²) in [5.74, 6) is 2.02. The number of ether oxygens (including phenoxy) is 4. The van der Waals surface area contributed by atoms with Crippen LogP contribution < -0.4 is 24.3 Å². The number of amides is 1. The maximum atomic E-state index is 12.3. The standard InChI is InChI=1S/C27H27NO5/c1-30-23-16-20(10-11-21-17-24(31-2)27(33-4)25(18-21)32-3)12-14-22(23)28-26(29)15-13-19-8-6-5-7-9-19/h5-18H,1-4H3,(H,28,29)/b11-10?,15-13+. The van der Waals surface area contributed by atoms with E-state index in [2.05, 4.69) is 5.32 Å². The van der Waals surface area contributed by atoms with Gasteiger partial charge in [-0.3, -0.25) is 4.79 Å². The van der Waals surface area contributed by atoms with Crippen LogP contribution in [0.3, 0.4) is 0 Å². The number of rotatable bonds is 9. The highest BCUT2D eigenvalue weighted by Crippen LogP contribution is 2.38. The van der Waals surface area contributed by atoms with Crippen LogP contribution in [0, 0.1) is 0 Å². The number of methoxy groups -OCH3 is 4. The molecule has 0 fully saturated rings. The molecule has 0 saturated carbocycles. The van der Waals surface area contributed by atoms with Gasteiger partial charge in [0.1, 0.15) is 5.75 Å². The largest absolute Gasteiger partial charge is 0.495 e. The average molecular weight is 446 g/mol. The Hall–Kier alpha value is -4.19. The van der Waals surface area contributed by atoms with Crippen LogP contribution in [0.1, 0.15) is 16.7 Å². The number of anilines is 1. The van der Waals surface area contributed by atoms with Crippen LogP contribution >= 0.6 is 0 Å². The van der Waals surface area contributed by atoms with Gasteiger partial charge in [0.05, 0.1) is 34.1 Å². The smallest absolute Gasteiger partial charge is 0.248 e. The van der Waals surface area contributed by atoms with E-state index in [4.69, 9.17) is 18.9 Å². The molecule has 6 heteroatoms. The number of hydrogen-bond acceptors (Lipinski definition) is 5. The third-order valence-electron chi connectivity index (χ3n) is 4.87. The molecule has 0 aliphatic rings. The Balaban J connectivity index is 1.76. The van der Waals surface area contributed by atoms with Gasteiger partial charge in [-0.05, 0) is 47.0 Å². The molecule has 0 spiro atoms. The highest BCUT2D eigenvalue weighted by Gasteiger charge is 2.12. The third-order valence-corrected chi connectivity index (χ3v) is 4.87. The normalized spacial score (nSPS) is 10.9. The lowest BCUT2D eigenvalue weighted by atomic mass is 10.1. The van der Waals surface area contributed by atoms with Gasteiger partial charge >= 0.3 is 0 Å². The molecule has 3 aromatic carbocycles. The van der Waals surface area contributed by atoms with Crippen molar-refractivity contribution in [3.8, 4) is 23.0 Å². The lowest BCUT2D eigenvalue weighted by molar-refractivity contribution is -0.111. The minimum atomic E-state index is -0.238. The fourth-order valence-corrected chi connectivity index (χ4v) is 3.22. The molecule has 1 N–H and O–H groups in total. The maximum Gasteiger partial charge on any atom is 0.248 e. The van der Waals surface area contributed by atoms with E-state index in [0.29, 0.717) is 28.7 Å². The molecule has 3 rings (SSSR count). The van der Waals surface area contributed by atoms with Crippen molar-refractivity contribution in [2.24, 2.45) is 0 Å². The average Bonchev–Trinajstić information content (AvgIpc) is 2.86. The fourth-order valence-electron chi connectivity index (χ4n) is 3.22. The first-order valence-electron chi connectivity index (χ1n) is 10.3. The Morgan fingerprint density at radius 2 is 1.27 bits per heavy atom. The number of carbonyl (C=O) groups excluding carboxylic acids is 1. The van der Waals surface area contributed by atoms with Crippen molar-refractivity contribution < 1.29 is 23.7 Å². The molecule has 1 amide bonds. The van der Waals surface area contributed by atoms with Gasteiger partial charge in [-0.1, -0.05) is 48.6 Å². The third kappa shape index (κ3) is 6.17. The number of benzene rings is 3. The van der Waals surface area contributed by atoms with Crippen molar-refractivity contribution in [1.29, 1.82) is 0 Å². The Morgan fingerprint density at radius 3 is 1.88 bits per heavy atom. The van der Waals surface area contributed by atoms with E-state index in [9.17, 15) is 4.79 Å². The summed E-state index contributed by atoms with van der Waals surface area (Å²) >= 11 is 0. The van der Waals surface area contributed by atoms with Gasteiger partial charge in [-0.25, -0.2) is 0 Å². The van der Waals surface area contributed by atoms with E-state index in [-0.39, 0.29) is 5.91 Å². The van der Waals surface area contributed by atoms with Crippen molar-refractivity contribution in [2.75, 3.05) is 33.8 Å².